The normalized spacial score (nSPS) is 12.8. The molecule has 0 radical (unpaired) electrons. The zero-order chi connectivity index (χ0) is 13.9. The molecule has 1 aromatic carbocycles. The van der Waals surface area contributed by atoms with Crippen molar-refractivity contribution in [3.8, 4) is 0 Å². The van der Waals surface area contributed by atoms with Gasteiger partial charge in [-0.25, -0.2) is 4.39 Å². The standard InChI is InChI=1S/C9H13FN4O3S/c1-14(2)18(16,17)13-7-5-3-4-6(10)8(7)9(11)12-15/h3-5,13,15H,1-2H3,(H2,11,12). The van der Waals surface area contributed by atoms with Gasteiger partial charge in [0.1, 0.15) is 5.82 Å². The largest absolute Gasteiger partial charge is 0.409 e. The Bertz CT molecular complexity index is 571. The Hall–Kier alpha value is -1.87. The molecule has 0 saturated heterocycles. The number of amidine groups is 1. The van der Waals surface area contributed by atoms with E-state index in [1.54, 1.807) is 0 Å². The van der Waals surface area contributed by atoms with Crippen molar-refractivity contribution in [3.05, 3.63) is 29.6 Å². The summed E-state index contributed by atoms with van der Waals surface area (Å²) in [6.45, 7) is 0. The van der Waals surface area contributed by atoms with E-state index >= 15 is 0 Å². The van der Waals surface area contributed by atoms with Gasteiger partial charge in [-0.2, -0.15) is 12.7 Å². The Labute approximate surface area is 104 Å². The second kappa shape index (κ2) is 5.19. The van der Waals surface area contributed by atoms with Crippen LogP contribution in [0.25, 0.3) is 0 Å². The van der Waals surface area contributed by atoms with Gasteiger partial charge in [0.15, 0.2) is 5.84 Å². The first kappa shape index (κ1) is 14.2. The first-order chi connectivity index (χ1) is 8.29. The minimum Gasteiger partial charge on any atom is -0.409 e. The van der Waals surface area contributed by atoms with Crippen molar-refractivity contribution < 1.29 is 18.0 Å². The molecule has 0 atom stereocenters. The van der Waals surface area contributed by atoms with E-state index in [2.05, 4.69) is 9.88 Å². The molecule has 18 heavy (non-hydrogen) atoms. The van der Waals surface area contributed by atoms with Crippen molar-refractivity contribution in [3.63, 3.8) is 0 Å². The van der Waals surface area contributed by atoms with E-state index in [9.17, 15) is 12.8 Å². The van der Waals surface area contributed by atoms with E-state index in [0.29, 0.717) is 0 Å². The van der Waals surface area contributed by atoms with Gasteiger partial charge < -0.3 is 10.9 Å². The van der Waals surface area contributed by atoms with E-state index < -0.39 is 21.9 Å². The van der Waals surface area contributed by atoms with Gasteiger partial charge in [-0.05, 0) is 12.1 Å². The minimum atomic E-state index is -3.81. The van der Waals surface area contributed by atoms with Gasteiger partial charge in [-0.15, -0.1) is 0 Å². The summed E-state index contributed by atoms with van der Waals surface area (Å²) in [5, 5.41) is 11.2. The summed E-state index contributed by atoms with van der Waals surface area (Å²) in [6.07, 6.45) is 0. The molecule has 0 aliphatic rings. The number of hydrogen-bond acceptors (Lipinski definition) is 4. The van der Waals surface area contributed by atoms with Crippen LogP contribution < -0.4 is 10.5 Å². The Kier molecular flexibility index (Phi) is 4.09. The van der Waals surface area contributed by atoms with Crippen molar-refractivity contribution in [2.45, 2.75) is 0 Å². The fourth-order valence-electron chi connectivity index (χ4n) is 1.15. The molecule has 0 saturated carbocycles. The number of nitrogens with zero attached hydrogens (tertiary/aromatic N) is 2. The fourth-order valence-corrected chi connectivity index (χ4v) is 1.78. The van der Waals surface area contributed by atoms with Gasteiger partial charge in [0.25, 0.3) is 0 Å². The highest BCUT2D eigenvalue weighted by Crippen LogP contribution is 2.20. The van der Waals surface area contributed by atoms with Crippen LogP contribution in [-0.2, 0) is 10.2 Å². The van der Waals surface area contributed by atoms with Crippen LogP contribution in [0.5, 0.6) is 0 Å². The number of halogens is 1. The van der Waals surface area contributed by atoms with Crippen molar-refractivity contribution in [2.24, 2.45) is 10.9 Å². The summed E-state index contributed by atoms with van der Waals surface area (Å²) < 4.78 is 39.8. The van der Waals surface area contributed by atoms with Gasteiger partial charge in [0, 0.05) is 14.1 Å². The lowest BCUT2D eigenvalue weighted by atomic mass is 10.1. The van der Waals surface area contributed by atoms with Crippen LogP contribution in [0.1, 0.15) is 5.56 Å². The molecule has 0 aliphatic heterocycles. The lowest BCUT2D eigenvalue weighted by Crippen LogP contribution is -2.30. The van der Waals surface area contributed by atoms with Gasteiger partial charge in [-0.1, -0.05) is 11.2 Å². The quantitative estimate of drug-likeness (QED) is 0.314. The predicted octanol–water partition coefficient (Wildman–Crippen LogP) is 0.139. The molecule has 0 bridgehead atoms. The SMILES string of the molecule is CN(C)S(=O)(=O)Nc1cccc(F)c1/C(N)=N/O. The molecule has 0 unspecified atom stereocenters. The molecule has 0 amide bonds. The molecule has 0 aromatic heterocycles. The number of nitrogens with two attached hydrogens (primary N) is 1. The van der Waals surface area contributed by atoms with Crippen LogP contribution in [0.15, 0.2) is 23.4 Å². The number of oxime groups is 1. The van der Waals surface area contributed by atoms with E-state index in [1.165, 1.54) is 26.2 Å². The number of benzene rings is 1. The monoisotopic (exact) mass is 276 g/mol. The van der Waals surface area contributed by atoms with E-state index in [4.69, 9.17) is 10.9 Å². The zero-order valence-electron chi connectivity index (χ0n) is 9.75. The third-order valence-corrected chi connectivity index (χ3v) is 3.54. The van der Waals surface area contributed by atoms with Crippen molar-refractivity contribution in [1.82, 2.24) is 4.31 Å². The Morgan fingerprint density at radius 3 is 2.61 bits per heavy atom. The van der Waals surface area contributed by atoms with Gasteiger partial charge in [0.2, 0.25) is 0 Å². The smallest absolute Gasteiger partial charge is 0.301 e. The summed E-state index contributed by atoms with van der Waals surface area (Å²) in [4.78, 5) is 0. The summed E-state index contributed by atoms with van der Waals surface area (Å²) in [5.41, 5.74) is 4.88. The van der Waals surface area contributed by atoms with Gasteiger partial charge in [0.05, 0.1) is 11.3 Å². The van der Waals surface area contributed by atoms with Crippen LogP contribution in [0, 0.1) is 5.82 Å². The number of anilines is 1. The van der Waals surface area contributed by atoms with E-state index in [1.807, 2.05) is 0 Å². The van der Waals surface area contributed by atoms with Gasteiger partial charge >= 0.3 is 10.2 Å². The topological polar surface area (TPSA) is 108 Å². The minimum absolute atomic E-state index is 0.112. The number of nitrogens with one attached hydrogen (secondary N) is 1. The third kappa shape index (κ3) is 2.87. The molecule has 9 heteroatoms. The Balaban J connectivity index is 3.31. The lowest BCUT2D eigenvalue weighted by Gasteiger charge is -2.15. The molecule has 0 fully saturated rings. The summed E-state index contributed by atoms with van der Waals surface area (Å²) in [7, 11) is -1.19. The molecule has 4 N–H and O–H groups in total. The molecule has 100 valence electrons. The maximum atomic E-state index is 13.5. The maximum absolute atomic E-state index is 13.5. The Morgan fingerprint density at radius 2 is 2.11 bits per heavy atom. The van der Waals surface area contributed by atoms with Crippen LogP contribution in [0.3, 0.4) is 0 Å². The third-order valence-electron chi connectivity index (χ3n) is 2.10. The molecule has 0 aliphatic carbocycles. The highest BCUT2D eigenvalue weighted by Gasteiger charge is 2.19. The highest BCUT2D eigenvalue weighted by atomic mass is 32.2. The fraction of sp³-hybridized carbons (Fsp3) is 0.222. The maximum Gasteiger partial charge on any atom is 0.301 e. The van der Waals surface area contributed by atoms with E-state index in [0.717, 1.165) is 10.4 Å². The second-order valence-electron chi connectivity index (χ2n) is 3.54. The average molecular weight is 276 g/mol. The van der Waals surface area contributed by atoms with Crippen LogP contribution in [0.4, 0.5) is 10.1 Å². The summed E-state index contributed by atoms with van der Waals surface area (Å²) in [5.74, 6) is -1.33. The van der Waals surface area contributed by atoms with Crippen molar-refractivity contribution in [2.75, 3.05) is 18.8 Å². The zero-order valence-corrected chi connectivity index (χ0v) is 10.6. The van der Waals surface area contributed by atoms with Crippen LogP contribution >= 0.6 is 0 Å². The molecular weight excluding hydrogens is 263 g/mol. The molecular formula is C9H13FN4O3S. The lowest BCUT2D eigenvalue weighted by molar-refractivity contribution is 0.318. The van der Waals surface area contributed by atoms with E-state index in [-0.39, 0.29) is 11.3 Å². The molecule has 0 spiro atoms. The number of rotatable bonds is 4. The highest BCUT2D eigenvalue weighted by molar-refractivity contribution is 7.90. The molecule has 7 nitrogen and oxygen atoms in total. The number of hydrogen-bond donors (Lipinski definition) is 3. The average Bonchev–Trinajstić information content (AvgIpc) is 2.27. The molecule has 0 heterocycles. The van der Waals surface area contributed by atoms with Crippen molar-refractivity contribution >= 4 is 21.7 Å². The predicted molar refractivity (Wildman–Crippen MR) is 65.1 cm³/mol. The Morgan fingerprint density at radius 1 is 1.50 bits per heavy atom. The first-order valence-corrected chi connectivity index (χ1v) is 6.20. The van der Waals surface area contributed by atoms with Crippen LogP contribution in [0.2, 0.25) is 0 Å². The van der Waals surface area contributed by atoms with Crippen molar-refractivity contribution in [1.29, 1.82) is 0 Å². The second-order valence-corrected chi connectivity index (χ2v) is 5.42. The van der Waals surface area contributed by atoms with Crippen LogP contribution in [-0.4, -0.2) is 37.9 Å². The molecule has 1 aromatic rings. The first-order valence-electron chi connectivity index (χ1n) is 4.76. The summed E-state index contributed by atoms with van der Waals surface area (Å²) in [6, 6.07) is 3.68. The van der Waals surface area contributed by atoms with Gasteiger partial charge in [-0.3, -0.25) is 4.72 Å². The molecule has 1 rings (SSSR count). The summed E-state index contributed by atoms with van der Waals surface area (Å²) >= 11 is 0.